The molecule has 0 radical (unpaired) electrons. The fourth-order valence-electron chi connectivity index (χ4n) is 16.1. The lowest BCUT2D eigenvalue weighted by molar-refractivity contribution is -0.149. The Hall–Kier alpha value is -13.3. The number of amides is 16. The van der Waals surface area contributed by atoms with E-state index >= 15 is 33.6 Å². The summed E-state index contributed by atoms with van der Waals surface area (Å²) in [6.07, 6.45) is -2.37. The van der Waals surface area contributed by atoms with E-state index in [0.717, 1.165) is 36.3 Å². The molecule has 8 rings (SSSR count). The van der Waals surface area contributed by atoms with Gasteiger partial charge < -0.3 is 130 Å². The SMILES string of the molecule is CCCC[C@H]1C(=O)N(C)[C@@H](CCCC)C(=O)N[C@@H](CCCN)C(=O)N[C@H](C(=O)NCC(N)=O)CSCC(=O)N[C@@H](Cc2ccc(OC)cc2)C(=O)N(C)[C@@H](C)C(=O)N[C@@H](CC(=O)O)C(=O)N2CCC[C@H]2C(=O)N[C@@H](CN)C(=O)N[C@@H](CCC(=O)O)C(=O)N2C[C@H](O)C[C@H]2C(=O)N[C@@H](Cc2c[nH]c3ccccc23)C(=O)N[C@@H](CC(=O)O)C(=O)N[C@@H](Cc2c[nH]c3ccccc23)C(=O)N1C. The molecule has 133 heavy (non-hydrogen) atoms. The number of hydrogen-bond acceptors (Lipinski definition) is 24. The van der Waals surface area contributed by atoms with E-state index in [1.54, 1.807) is 79.0 Å². The number of thioether (sulfide) groups is 1. The molecule has 3 aliphatic heterocycles. The maximum absolute atomic E-state index is 15.7. The molecule has 16 amide bonds. The largest absolute Gasteiger partial charge is 0.497 e. The number of aliphatic carboxylic acids is 3. The number of para-hydroxylation sites is 2. The molecule has 724 valence electrons. The Balaban J connectivity index is 1.20. The number of ether oxygens (including phenoxy) is 1. The highest BCUT2D eigenvalue weighted by Crippen LogP contribution is 2.28. The van der Waals surface area contributed by atoms with Crippen LogP contribution in [-0.2, 0) is 110 Å². The zero-order valence-electron chi connectivity index (χ0n) is 75.3. The summed E-state index contributed by atoms with van der Waals surface area (Å²) in [5.41, 5.74) is 19.9. The van der Waals surface area contributed by atoms with Gasteiger partial charge in [0.05, 0.1) is 38.4 Å². The minimum absolute atomic E-state index is 0.0199. The van der Waals surface area contributed by atoms with Crippen molar-refractivity contribution in [1.29, 1.82) is 0 Å². The first-order valence-electron chi connectivity index (χ1n) is 44.1. The highest BCUT2D eigenvalue weighted by molar-refractivity contribution is 8.00. The molecule has 5 aromatic rings. The molecule has 0 bridgehead atoms. The third kappa shape index (κ3) is 29.3. The van der Waals surface area contributed by atoms with Crippen LogP contribution in [0.15, 0.2) is 85.2 Å². The second-order valence-corrected chi connectivity index (χ2v) is 34.2. The van der Waals surface area contributed by atoms with Gasteiger partial charge >= 0.3 is 17.9 Å². The minimum Gasteiger partial charge on any atom is -0.497 e. The summed E-state index contributed by atoms with van der Waals surface area (Å²) in [4.78, 5) is 284. The molecule has 3 fully saturated rings. The van der Waals surface area contributed by atoms with Crippen molar-refractivity contribution in [3.8, 4) is 5.75 Å². The molecule has 44 nitrogen and oxygen atoms in total. The highest BCUT2D eigenvalue weighted by atomic mass is 32.2. The van der Waals surface area contributed by atoms with Crippen LogP contribution < -0.4 is 75.1 Å². The predicted molar refractivity (Wildman–Crippen MR) is 482 cm³/mol. The molecule has 15 atom stereocenters. The van der Waals surface area contributed by atoms with Crippen molar-refractivity contribution in [1.82, 2.24) is 87.6 Å². The van der Waals surface area contributed by atoms with Crippen molar-refractivity contribution < 1.29 is 116 Å². The number of hydrogen-bond donors (Lipinski definition) is 19. The number of aliphatic hydroxyl groups is 1. The van der Waals surface area contributed by atoms with E-state index in [2.05, 4.69) is 63.1 Å². The lowest BCUT2D eigenvalue weighted by atomic mass is 9.99. The molecule has 45 heteroatoms. The summed E-state index contributed by atoms with van der Waals surface area (Å²) < 4.78 is 5.32. The van der Waals surface area contributed by atoms with Gasteiger partial charge in [-0.3, -0.25) is 91.1 Å². The number of carbonyl (C=O) groups is 19. The molecule has 3 saturated heterocycles. The highest BCUT2D eigenvalue weighted by Gasteiger charge is 2.47. The minimum atomic E-state index is -2.09. The van der Waals surface area contributed by atoms with Crippen molar-refractivity contribution in [2.24, 2.45) is 17.2 Å². The smallest absolute Gasteiger partial charge is 0.305 e. The Kier molecular flexibility index (Phi) is 39.8. The van der Waals surface area contributed by atoms with Crippen LogP contribution in [0.5, 0.6) is 5.75 Å². The fourth-order valence-corrected chi connectivity index (χ4v) is 17.0. The number of aromatic amines is 2. The number of carboxylic acid groups (broad SMARTS) is 3. The van der Waals surface area contributed by atoms with Crippen molar-refractivity contribution in [2.45, 2.75) is 227 Å². The van der Waals surface area contributed by atoms with Crippen LogP contribution in [-0.4, -0.2) is 330 Å². The number of nitrogens with two attached hydrogens (primary N) is 3. The molecular formula is C88H122N20O24S. The number of carbonyl (C=O) groups excluding carboxylic acids is 16. The zero-order chi connectivity index (χ0) is 97.6. The Morgan fingerprint density at radius 2 is 1.02 bits per heavy atom. The van der Waals surface area contributed by atoms with Crippen LogP contribution in [0, 0.1) is 0 Å². The van der Waals surface area contributed by atoms with Gasteiger partial charge in [-0.1, -0.05) is 88.1 Å². The number of likely N-dealkylation sites (N-methyl/N-ethyl adjacent to an activating group) is 3. The number of aliphatic hydroxyl groups excluding tert-OH is 1. The second-order valence-electron chi connectivity index (χ2n) is 33.2. The van der Waals surface area contributed by atoms with Crippen LogP contribution in [0.25, 0.3) is 21.8 Å². The van der Waals surface area contributed by atoms with Gasteiger partial charge in [0.2, 0.25) is 94.5 Å². The zero-order valence-corrected chi connectivity index (χ0v) is 76.1. The number of benzene rings is 3. The number of fused-ring (bicyclic) bond motifs is 4. The van der Waals surface area contributed by atoms with E-state index in [9.17, 15) is 78.0 Å². The Bertz CT molecular complexity index is 5030. The second kappa shape index (κ2) is 50.4. The molecule has 0 saturated carbocycles. The maximum Gasteiger partial charge on any atom is 0.305 e. The third-order valence-corrected chi connectivity index (χ3v) is 24.7. The first-order chi connectivity index (χ1) is 63.3. The predicted octanol–water partition coefficient (Wildman–Crippen LogP) is -3.26. The molecule has 0 aliphatic carbocycles. The average molecular weight is 1880 g/mol. The van der Waals surface area contributed by atoms with Crippen LogP contribution in [0.2, 0.25) is 0 Å². The molecule has 22 N–H and O–H groups in total. The molecule has 0 spiro atoms. The van der Waals surface area contributed by atoms with E-state index in [4.69, 9.17) is 21.9 Å². The molecule has 2 aromatic heterocycles. The summed E-state index contributed by atoms with van der Waals surface area (Å²) in [5.74, 6) is -21.8. The molecule has 3 aliphatic rings. The number of rotatable bonds is 27. The van der Waals surface area contributed by atoms with Crippen LogP contribution in [0.3, 0.4) is 0 Å². The lowest BCUT2D eigenvalue weighted by Gasteiger charge is -2.36. The standard InChI is InChI=1S/C88H122N20O24S/c1-8-10-23-66-81(124)96-57(22-16-32-89)77(120)103-65(76(119)94-43-70(91)110)45-133-46-71(111)95-61(34-48-26-28-52(132-7)29-27-48)84(127)104(4)47(3)75(118)100-63(39-74(116)117)87(130)107-33-17-25-67(107)82(125)102-64(40-90)80(123)97-58(30-31-72(112)113)86(129)108-44-51(109)37-69(108)83(126)99-59(35-49-41-92-55-20-14-12-18-53(49)55)78(121)98-60(38-73(114)115)79(122)101-62(36-50-42-93-56-21-15-13-19-54(50)56)85(128)106(6)68(24-11-9-2)88(131)105(66)5/h12-15,18-21,26-29,41-42,47,51,57-69,92-93,109H,8-11,16-17,22-25,30-40,43-46,89-90H2,1-7H3,(H2,91,110)(H,94,119)(H,95,111)(H,96,124)(H,97,123)(H,98,121)(H,99,126)(H,100,118)(H,101,122)(H,102,125)(H,103,120)(H,112,113)(H,114,115)(H,116,117)/t47-,51+,57-,58-,59-,60-,61-,62-,63-,64-,65-,66-,67-,68-,69-/m0/s1. The number of carboxylic acids is 3. The summed E-state index contributed by atoms with van der Waals surface area (Å²) >= 11 is 0.763. The summed E-state index contributed by atoms with van der Waals surface area (Å²) in [6.45, 7) is 2.54. The Labute approximate surface area is 770 Å². The first kappa shape index (κ1) is 105. The summed E-state index contributed by atoms with van der Waals surface area (Å²) in [5, 5.41) is 68.4. The lowest BCUT2D eigenvalue weighted by Crippen LogP contribution is -2.61. The van der Waals surface area contributed by atoms with E-state index in [-0.39, 0.29) is 64.5 Å². The van der Waals surface area contributed by atoms with Gasteiger partial charge in [0.25, 0.3) is 0 Å². The van der Waals surface area contributed by atoms with Gasteiger partial charge in [0.15, 0.2) is 0 Å². The van der Waals surface area contributed by atoms with Gasteiger partial charge in [-0.25, -0.2) is 0 Å². The number of nitrogens with zero attached hydrogens (tertiary/aromatic N) is 5. The number of aromatic nitrogens is 2. The van der Waals surface area contributed by atoms with Crippen molar-refractivity contribution in [2.75, 3.05) is 72.5 Å². The number of unbranched alkanes of at least 4 members (excludes halogenated alkanes) is 2. The summed E-state index contributed by atoms with van der Waals surface area (Å²) in [7, 11) is 5.22. The third-order valence-electron chi connectivity index (χ3n) is 23.6. The number of H-pyrrole nitrogens is 2. The van der Waals surface area contributed by atoms with Gasteiger partial charge in [-0.15, -0.1) is 11.8 Å². The number of nitrogens with one attached hydrogen (secondary N) is 12. The maximum atomic E-state index is 15.7. The molecule has 0 unspecified atom stereocenters. The van der Waals surface area contributed by atoms with Crippen molar-refractivity contribution in [3.05, 3.63) is 102 Å². The van der Waals surface area contributed by atoms with Crippen LogP contribution in [0.1, 0.15) is 134 Å². The Morgan fingerprint density at radius 1 is 0.511 bits per heavy atom. The fraction of sp³-hybridized carbons (Fsp3) is 0.534. The van der Waals surface area contributed by atoms with Gasteiger partial charge in [0, 0.05) is 113 Å². The average Bonchev–Trinajstić information content (AvgIpc) is 1.76. The normalized spacial score (nSPS) is 24.9. The first-order valence-corrected chi connectivity index (χ1v) is 45.2. The van der Waals surface area contributed by atoms with Crippen LogP contribution >= 0.6 is 11.8 Å². The number of primary amides is 1. The quantitative estimate of drug-likeness (QED) is 0.0245. The summed E-state index contributed by atoms with van der Waals surface area (Å²) in [6, 6.07) is -3.47. The van der Waals surface area contributed by atoms with E-state index in [1.165, 1.54) is 41.4 Å². The van der Waals surface area contributed by atoms with Crippen molar-refractivity contribution in [3.63, 3.8) is 0 Å². The van der Waals surface area contributed by atoms with E-state index < -0.39 is 273 Å². The van der Waals surface area contributed by atoms with Crippen molar-refractivity contribution >= 4 is 146 Å². The molecule has 3 aromatic carbocycles. The monoisotopic (exact) mass is 1870 g/mol. The Morgan fingerprint density at radius 3 is 1.62 bits per heavy atom. The topological polar surface area (TPSA) is 661 Å². The van der Waals surface area contributed by atoms with Gasteiger partial charge in [-0.05, 0) is 99.4 Å². The van der Waals surface area contributed by atoms with Gasteiger partial charge in [0.1, 0.15) is 90.3 Å². The molecule has 5 heterocycles. The van der Waals surface area contributed by atoms with Gasteiger partial charge in [-0.2, -0.15) is 0 Å². The van der Waals surface area contributed by atoms with Crippen LogP contribution in [0.4, 0.5) is 0 Å². The van der Waals surface area contributed by atoms with E-state index in [0.29, 0.717) is 69.9 Å². The molecular weight excluding hydrogens is 1750 g/mol. The van der Waals surface area contributed by atoms with E-state index in [1.807, 2.05) is 13.8 Å². The number of methoxy groups -OCH3 is 1.